The minimum Gasteiger partial charge on any atom is -0.393 e. The van der Waals surface area contributed by atoms with Crippen molar-refractivity contribution >= 4 is 17.5 Å². The number of nitrogens with one attached hydrogen (secondary N) is 1. The maximum atomic E-state index is 11.1. The maximum Gasteiger partial charge on any atom is 0.332 e. The Balaban J connectivity index is 2.10. The number of aliphatic hydroxyl groups excluding tert-OH is 1. The van der Waals surface area contributed by atoms with E-state index in [9.17, 15) is 15.2 Å². The topological polar surface area (TPSA) is 127 Å². The van der Waals surface area contributed by atoms with Crippen LogP contribution in [0, 0.1) is 23.0 Å². The summed E-state index contributed by atoms with van der Waals surface area (Å²) < 4.78 is 0. The second kappa shape index (κ2) is 6.00. The van der Waals surface area contributed by atoms with Crippen LogP contribution >= 0.6 is 0 Å². The fourth-order valence-corrected chi connectivity index (χ4v) is 2.62. The van der Waals surface area contributed by atoms with Crippen molar-refractivity contribution < 1.29 is 10.0 Å². The number of aryl methyl sites for hydroxylation is 1. The number of anilines is 2. The minimum absolute atomic E-state index is 0.0132. The number of nitro groups is 1. The molecule has 1 aliphatic carbocycles. The fourth-order valence-electron chi connectivity index (χ4n) is 2.62. The van der Waals surface area contributed by atoms with Gasteiger partial charge in [0.1, 0.15) is 5.69 Å². The van der Waals surface area contributed by atoms with E-state index in [0.717, 1.165) is 19.3 Å². The van der Waals surface area contributed by atoms with E-state index >= 15 is 0 Å². The van der Waals surface area contributed by atoms with E-state index in [4.69, 9.17) is 5.73 Å². The molecule has 8 heteroatoms. The molecule has 1 aromatic heterocycles. The molecule has 2 atom stereocenters. The highest BCUT2D eigenvalue weighted by Gasteiger charge is 2.24. The second-order valence-electron chi connectivity index (χ2n) is 5.19. The van der Waals surface area contributed by atoms with Crippen LogP contribution in [-0.2, 0) is 0 Å². The Bertz CT molecular complexity index is 508. The zero-order valence-corrected chi connectivity index (χ0v) is 11.4. The number of rotatable bonds is 4. The molecule has 8 nitrogen and oxygen atoms in total. The molecule has 20 heavy (non-hydrogen) atoms. The van der Waals surface area contributed by atoms with Gasteiger partial charge in [-0.25, -0.2) is 4.98 Å². The van der Waals surface area contributed by atoms with Gasteiger partial charge in [0.25, 0.3) is 0 Å². The van der Waals surface area contributed by atoms with E-state index in [1.807, 2.05) is 0 Å². The average Bonchev–Trinajstić information content (AvgIpc) is 2.35. The van der Waals surface area contributed by atoms with Crippen molar-refractivity contribution in [2.24, 2.45) is 5.92 Å². The first-order valence-electron chi connectivity index (χ1n) is 6.67. The van der Waals surface area contributed by atoms with Crippen LogP contribution < -0.4 is 11.1 Å². The predicted octanol–water partition coefficient (Wildman–Crippen LogP) is 1.24. The molecule has 0 radical (unpaired) electrons. The van der Waals surface area contributed by atoms with E-state index in [1.165, 1.54) is 6.92 Å². The number of nitrogen functional groups attached to an aromatic ring is 1. The Morgan fingerprint density at radius 3 is 2.90 bits per heavy atom. The Morgan fingerprint density at radius 1 is 1.50 bits per heavy atom. The Kier molecular flexibility index (Phi) is 4.33. The van der Waals surface area contributed by atoms with Gasteiger partial charge in [-0.2, -0.15) is 4.98 Å². The molecule has 1 aromatic rings. The molecule has 0 bridgehead atoms. The van der Waals surface area contributed by atoms with Gasteiger partial charge in [-0.3, -0.25) is 10.1 Å². The van der Waals surface area contributed by atoms with Crippen molar-refractivity contribution in [1.29, 1.82) is 0 Å². The Labute approximate surface area is 116 Å². The van der Waals surface area contributed by atoms with Crippen LogP contribution in [0.25, 0.3) is 0 Å². The van der Waals surface area contributed by atoms with Gasteiger partial charge < -0.3 is 16.2 Å². The summed E-state index contributed by atoms with van der Waals surface area (Å²) >= 11 is 0. The van der Waals surface area contributed by atoms with Gasteiger partial charge in [-0.15, -0.1) is 0 Å². The second-order valence-corrected chi connectivity index (χ2v) is 5.19. The monoisotopic (exact) mass is 281 g/mol. The molecule has 4 N–H and O–H groups in total. The number of hydrogen-bond acceptors (Lipinski definition) is 7. The third-order valence-electron chi connectivity index (χ3n) is 3.57. The van der Waals surface area contributed by atoms with Gasteiger partial charge in [0.05, 0.1) is 11.0 Å². The first kappa shape index (κ1) is 14.4. The lowest BCUT2D eigenvalue weighted by Crippen LogP contribution is -2.25. The molecule has 1 aliphatic rings. The smallest absolute Gasteiger partial charge is 0.332 e. The van der Waals surface area contributed by atoms with E-state index in [-0.39, 0.29) is 35.2 Å². The third-order valence-corrected chi connectivity index (χ3v) is 3.57. The van der Waals surface area contributed by atoms with Crippen LogP contribution in [0.5, 0.6) is 0 Å². The first-order chi connectivity index (χ1) is 9.47. The SMILES string of the molecule is Cc1nc(N)nc(NCC2CCCC(O)C2)c1[N+](=O)[O-]. The highest BCUT2D eigenvalue weighted by Crippen LogP contribution is 2.28. The molecule has 1 saturated carbocycles. The van der Waals surface area contributed by atoms with Crippen molar-refractivity contribution in [1.82, 2.24) is 9.97 Å². The third kappa shape index (κ3) is 3.32. The van der Waals surface area contributed by atoms with Gasteiger partial charge in [0, 0.05) is 6.54 Å². The first-order valence-corrected chi connectivity index (χ1v) is 6.67. The van der Waals surface area contributed by atoms with Crippen molar-refractivity contribution in [2.45, 2.75) is 38.7 Å². The zero-order chi connectivity index (χ0) is 14.7. The summed E-state index contributed by atoms with van der Waals surface area (Å²) in [6, 6.07) is 0. The molecule has 0 aromatic carbocycles. The molecule has 110 valence electrons. The lowest BCUT2D eigenvalue weighted by molar-refractivity contribution is -0.385. The summed E-state index contributed by atoms with van der Waals surface area (Å²) in [5.74, 6) is 0.453. The van der Waals surface area contributed by atoms with Gasteiger partial charge in [0.15, 0.2) is 0 Å². The molecule has 0 saturated heterocycles. The van der Waals surface area contributed by atoms with Crippen LogP contribution in [-0.4, -0.2) is 32.6 Å². The number of aliphatic hydroxyl groups is 1. The Hall–Kier alpha value is -1.96. The van der Waals surface area contributed by atoms with Crippen molar-refractivity contribution in [3.05, 3.63) is 15.8 Å². The van der Waals surface area contributed by atoms with Crippen LogP contribution in [0.3, 0.4) is 0 Å². The molecule has 1 fully saturated rings. The fraction of sp³-hybridized carbons (Fsp3) is 0.667. The van der Waals surface area contributed by atoms with Gasteiger partial charge >= 0.3 is 5.69 Å². The van der Waals surface area contributed by atoms with E-state index < -0.39 is 4.92 Å². The van der Waals surface area contributed by atoms with Crippen LogP contribution in [0.2, 0.25) is 0 Å². The van der Waals surface area contributed by atoms with Crippen molar-refractivity contribution in [2.75, 3.05) is 17.6 Å². The van der Waals surface area contributed by atoms with Gasteiger partial charge in [0.2, 0.25) is 11.8 Å². The lowest BCUT2D eigenvalue weighted by Gasteiger charge is -2.26. The molecule has 1 heterocycles. The largest absolute Gasteiger partial charge is 0.393 e. The molecule has 2 rings (SSSR count). The summed E-state index contributed by atoms with van der Waals surface area (Å²) in [5, 5.41) is 23.7. The van der Waals surface area contributed by atoms with Crippen LogP contribution in [0.4, 0.5) is 17.5 Å². The van der Waals surface area contributed by atoms with E-state index in [1.54, 1.807) is 0 Å². The zero-order valence-electron chi connectivity index (χ0n) is 11.4. The number of nitrogens with zero attached hydrogens (tertiary/aromatic N) is 3. The average molecular weight is 281 g/mol. The molecule has 0 aliphatic heterocycles. The van der Waals surface area contributed by atoms with Gasteiger partial charge in [-0.05, 0) is 32.1 Å². The molecule has 0 amide bonds. The highest BCUT2D eigenvalue weighted by molar-refractivity contribution is 5.60. The number of aromatic nitrogens is 2. The summed E-state index contributed by atoms with van der Waals surface area (Å²) in [5.41, 5.74) is 5.64. The van der Waals surface area contributed by atoms with E-state index in [2.05, 4.69) is 15.3 Å². The standard InChI is InChI=1S/C12H19N5O3/c1-7-10(17(19)20)11(16-12(13)15-7)14-6-8-3-2-4-9(18)5-8/h8-9,18H,2-6H2,1H3,(H3,13,14,15,16). The predicted molar refractivity (Wildman–Crippen MR) is 74.3 cm³/mol. The van der Waals surface area contributed by atoms with Crippen molar-refractivity contribution in [3.63, 3.8) is 0 Å². The minimum atomic E-state index is -0.507. The quantitative estimate of drug-likeness (QED) is 0.559. The highest BCUT2D eigenvalue weighted by atomic mass is 16.6. The summed E-state index contributed by atoms with van der Waals surface area (Å²) in [7, 11) is 0. The molecular weight excluding hydrogens is 262 g/mol. The number of hydrogen-bond donors (Lipinski definition) is 3. The van der Waals surface area contributed by atoms with Crippen molar-refractivity contribution in [3.8, 4) is 0 Å². The molecular formula is C12H19N5O3. The maximum absolute atomic E-state index is 11.1. The van der Waals surface area contributed by atoms with Crippen LogP contribution in [0.15, 0.2) is 0 Å². The summed E-state index contributed by atoms with van der Waals surface area (Å²) in [4.78, 5) is 18.3. The normalized spacial score (nSPS) is 22.5. The van der Waals surface area contributed by atoms with Gasteiger partial charge in [-0.1, -0.05) is 6.42 Å². The van der Waals surface area contributed by atoms with E-state index in [0.29, 0.717) is 13.0 Å². The molecule has 0 spiro atoms. The lowest BCUT2D eigenvalue weighted by atomic mass is 9.87. The molecule has 2 unspecified atom stereocenters. The number of nitrogens with two attached hydrogens (primary N) is 1. The summed E-state index contributed by atoms with van der Waals surface area (Å²) in [6.45, 7) is 2.07. The van der Waals surface area contributed by atoms with Crippen LogP contribution in [0.1, 0.15) is 31.4 Å². The summed E-state index contributed by atoms with van der Waals surface area (Å²) in [6.07, 6.45) is 3.23. The Morgan fingerprint density at radius 2 is 2.25 bits per heavy atom.